The van der Waals surface area contributed by atoms with E-state index in [1.165, 1.54) is 16.7 Å². The number of fused-ring (bicyclic) bond motifs is 1. The molecule has 1 aliphatic rings. The normalized spacial score (nSPS) is 17.2. The lowest BCUT2D eigenvalue weighted by molar-refractivity contribution is -0.131. The van der Waals surface area contributed by atoms with Crippen LogP contribution in [0.2, 0.25) is 0 Å². The topological polar surface area (TPSA) is 67.6 Å². The van der Waals surface area contributed by atoms with Crippen LogP contribution < -0.4 is 9.64 Å². The van der Waals surface area contributed by atoms with Crippen molar-refractivity contribution in [2.24, 2.45) is 7.05 Å². The maximum absolute atomic E-state index is 10.9. The van der Waals surface area contributed by atoms with Gasteiger partial charge in [0.1, 0.15) is 5.75 Å². The number of nitrogens with zero attached hydrogens (tertiary/aromatic N) is 3. The van der Waals surface area contributed by atoms with Gasteiger partial charge in [-0.25, -0.2) is 4.79 Å². The Morgan fingerprint density at radius 2 is 1.81 bits per heavy atom. The second kappa shape index (κ2) is 9.74. The van der Waals surface area contributed by atoms with E-state index in [1.54, 1.807) is 13.2 Å². The second-order valence-corrected chi connectivity index (χ2v) is 9.22. The molecule has 182 valence electrons. The third-order valence-corrected chi connectivity index (χ3v) is 6.79. The highest BCUT2D eigenvalue weighted by molar-refractivity contribution is 5.85. The Morgan fingerprint density at radius 3 is 2.44 bits per heavy atom. The number of ether oxygens (including phenoxy) is 1. The minimum absolute atomic E-state index is 0.0117. The SMILES string of the molecule is COc1ccc(N2[C@H](c3ccc(/C=C/C(=O)O)cc3)c3ccc(-c4cnn(C)c4)cc3C[C@H]2C)cc1. The molecule has 36 heavy (non-hydrogen) atoms. The molecule has 0 amide bonds. The van der Waals surface area contributed by atoms with Gasteiger partial charge in [-0.15, -0.1) is 0 Å². The molecule has 0 aliphatic carbocycles. The van der Waals surface area contributed by atoms with Crippen molar-refractivity contribution >= 4 is 17.7 Å². The molecule has 0 fully saturated rings. The largest absolute Gasteiger partial charge is 0.497 e. The molecule has 0 saturated heterocycles. The van der Waals surface area contributed by atoms with Gasteiger partial charge in [-0.2, -0.15) is 5.10 Å². The first kappa shape index (κ1) is 23.4. The summed E-state index contributed by atoms with van der Waals surface area (Å²) < 4.78 is 7.21. The lowest BCUT2D eigenvalue weighted by atomic mass is 9.83. The summed E-state index contributed by atoms with van der Waals surface area (Å²) in [5.74, 6) is -0.125. The predicted octanol–water partition coefficient (Wildman–Crippen LogP) is 5.73. The number of carboxylic acids is 1. The van der Waals surface area contributed by atoms with Crippen LogP contribution in [0.15, 0.2) is 85.2 Å². The number of aromatic nitrogens is 2. The zero-order chi connectivity index (χ0) is 25.2. The van der Waals surface area contributed by atoms with E-state index in [0.29, 0.717) is 0 Å². The van der Waals surface area contributed by atoms with Gasteiger partial charge < -0.3 is 14.7 Å². The quantitative estimate of drug-likeness (QED) is 0.358. The number of aliphatic carboxylic acids is 1. The molecule has 1 N–H and O–H groups in total. The number of carboxylic acid groups (broad SMARTS) is 1. The van der Waals surface area contributed by atoms with E-state index < -0.39 is 5.97 Å². The third kappa shape index (κ3) is 4.62. The molecule has 2 heterocycles. The van der Waals surface area contributed by atoms with Gasteiger partial charge >= 0.3 is 5.97 Å². The minimum Gasteiger partial charge on any atom is -0.497 e. The van der Waals surface area contributed by atoms with Crippen molar-refractivity contribution in [2.45, 2.75) is 25.4 Å². The van der Waals surface area contributed by atoms with Crippen molar-refractivity contribution in [2.75, 3.05) is 12.0 Å². The highest BCUT2D eigenvalue weighted by Gasteiger charge is 2.33. The fraction of sp³-hybridized carbons (Fsp3) is 0.200. The molecule has 5 rings (SSSR count). The van der Waals surface area contributed by atoms with Crippen molar-refractivity contribution in [1.82, 2.24) is 9.78 Å². The molecule has 6 nitrogen and oxygen atoms in total. The van der Waals surface area contributed by atoms with Crippen LogP contribution in [-0.4, -0.2) is 34.0 Å². The summed E-state index contributed by atoms with van der Waals surface area (Å²) in [5.41, 5.74) is 8.01. The van der Waals surface area contributed by atoms with E-state index in [0.717, 1.165) is 40.6 Å². The molecular formula is C30H29N3O3. The number of benzene rings is 3. The molecule has 3 aromatic carbocycles. The Kier molecular flexibility index (Phi) is 6.34. The number of hydrogen-bond donors (Lipinski definition) is 1. The maximum Gasteiger partial charge on any atom is 0.328 e. The number of hydrogen-bond acceptors (Lipinski definition) is 4. The fourth-order valence-corrected chi connectivity index (χ4v) is 5.08. The molecule has 2 atom stereocenters. The number of methoxy groups -OCH3 is 1. The van der Waals surface area contributed by atoms with Crippen LogP contribution >= 0.6 is 0 Å². The maximum atomic E-state index is 10.9. The number of anilines is 1. The van der Waals surface area contributed by atoms with Gasteiger partial charge in [0.05, 0.1) is 19.3 Å². The summed E-state index contributed by atoms with van der Waals surface area (Å²) in [6.45, 7) is 2.26. The van der Waals surface area contributed by atoms with Gasteiger partial charge in [-0.3, -0.25) is 4.68 Å². The fourth-order valence-electron chi connectivity index (χ4n) is 5.08. The summed E-state index contributed by atoms with van der Waals surface area (Å²) in [6.07, 6.45) is 7.64. The highest BCUT2D eigenvalue weighted by Crippen LogP contribution is 2.42. The third-order valence-electron chi connectivity index (χ3n) is 6.79. The molecule has 0 saturated carbocycles. The van der Waals surface area contributed by atoms with Crippen LogP contribution in [0.1, 0.15) is 35.2 Å². The number of aryl methyl sites for hydroxylation is 1. The lowest BCUT2D eigenvalue weighted by Crippen LogP contribution is -2.42. The Labute approximate surface area is 211 Å². The van der Waals surface area contributed by atoms with E-state index in [9.17, 15) is 4.79 Å². The van der Waals surface area contributed by atoms with E-state index in [-0.39, 0.29) is 12.1 Å². The molecule has 0 radical (unpaired) electrons. The Hall–Kier alpha value is -4.32. The first-order chi connectivity index (χ1) is 17.4. The first-order valence-electron chi connectivity index (χ1n) is 12.0. The molecule has 4 aromatic rings. The summed E-state index contributed by atoms with van der Waals surface area (Å²) in [6, 6.07) is 23.3. The summed E-state index contributed by atoms with van der Waals surface area (Å²) >= 11 is 0. The predicted molar refractivity (Wildman–Crippen MR) is 142 cm³/mol. The van der Waals surface area contributed by atoms with Crippen molar-refractivity contribution in [3.63, 3.8) is 0 Å². The van der Waals surface area contributed by atoms with Crippen LogP contribution in [0.3, 0.4) is 0 Å². The first-order valence-corrected chi connectivity index (χ1v) is 12.0. The van der Waals surface area contributed by atoms with Crippen LogP contribution in [0, 0.1) is 0 Å². The van der Waals surface area contributed by atoms with Crippen LogP contribution in [0.5, 0.6) is 5.75 Å². The molecule has 0 spiro atoms. The number of rotatable bonds is 6. The molecule has 1 aliphatic heterocycles. The Morgan fingerprint density at radius 1 is 1.06 bits per heavy atom. The highest BCUT2D eigenvalue weighted by atomic mass is 16.5. The molecular weight excluding hydrogens is 450 g/mol. The molecule has 0 bridgehead atoms. The standard InChI is InChI=1S/C30H29N3O3/c1-20-16-24-17-23(25-18-31-32(2)19-25)9-14-28(24)30(33(20)26-10-12-27(36-3)13-11-26)22-7-4-21(5-8-22)6-15-29(34)35/h4-15,17-20,30H,16H2,1-3H3,(H,34,35)/b15-6+/t20-,30-/m1/s1. The van der Waals surface area contributed by atoms with Gasteiger partial charge in [0.25, 0.3) is 0 Å². The second-order valence-electron chi connectivity index (χ2n) is 9.22. The monoisotopic (exact) mass is 479 g/mol. The minimum atomic E-state index is -0.954. The van der Waals surface area contributed by atoms with E-state index in [2.05, 4.69) is 59.4 Å². The van der Waals surface area contributed by atoms with Gasteiger partial charge in [0.15, 0.2) is 0 Å². The van der Waals surface area contributed by atoms with Crippen LogP contribution in [0.4, 0.5) is 5.69 Å². The summed E-state index contributed by atoms with van der Waals surface area (Å²) in [4.78, 5) is 13.4. The van der Waals surface area contributed by atoms with E-state index in [1.807, 2.05) is 48.4 Å². The van der Waals surface area contributed by atoms with Gasteiger partial charge in [0, 0.05) is 36.6 Å². The van der Waals surface area contributed by atoms with Crippen molar-refractivity contribution < 1.29 is 14.6 Å². The Bertz CT molecular complexity index is 1400. The lowest BCUT2D eigenvalue weighted by Gasteiger charge is -2.44. The molecule has 1 aromatic heterocycles. The van der Waals surface area contributed by atoms with E-state index >= 15 is 0 Å². The van der Waals surface area contributed by atoms with E-state index in [4.69, 9.17) is 9.84 Å². The molecule has 0 unspecified atom stereocenters. The molecule has 6 heteroatoms. The van der Waals surface area contributed by atoms with Crippen molar-refractivity contribution in [3.05, 3.63) is 107 Å². The summed E-state index contributed by atoms with van der Waals surface area (Å²) in [7, 11) is 3.61. The smallest absolute Gasteiger partial charge is 0.328 e. The van der Waals surface area contributed by atoms with Crippen molar-refractivity contribution in [1.29, 1.82) is 0 Å². The Balaban J connectivity index is 1.60. The average molecular weight is 480 g/mol. The van der Waals surface area contributed by atoms with Crippen LogP contribution in [0.25, 0.3) is 17.2 Å². The zero-order valence-corrected chi connectivity index (χ0v) is 20.6. The zero-order valence-electron chi connectivity index (χ0n) is 20.6. The van der Waals surface area contributed by atoms with Crippen LogP contribution in [-0.2, 0) is 18.3 Å². The van der Waals surface area contributed by atoms with Crippen molar-refractivity contribution in [3.8, 4) is 16.9 Å². The summed E-state index contributed by atoms with van der Waals surface area (Å²) in [5, 5.41) is 13.3. The average Bonchev–Trinajstić information content (AvgIpc) is 3.33. The van der Waals surface area contributed by atoms with Gasteiger partial charge in [0.2, 0.25) is 0 Å². The van der Waals surface area contributed by atoms with Gasteiger partial charge in [-0.05, 0) is 71.5 Å². The number of carbonyl (C=O) groups is 1. The van der Waals surface area contributed by atoms with Gasteiger partial charge in [-0.1, -0.05) is 42.5 Å².